The highest BCUT2D eigenvalue weighted by Gasteiger charge is 2.31. The van der Waals surface area contributed by atoms with Crippen LogP contribution < -0.4 is 5.32 Å². The number of carbonyl (C=O) groups excluding carboxylic acids is 1. The lowest BCUT2D eigenvalue weighted by atomic mass is 9.84. The van der Waals surface area contributed by atoms with Gasteiger partial charge in [-0.25, -0.2) is 9.78 Å². The number of carboxylic acid groups (broad SMARTS) is 1. The Labute approximate surface area is 169 Å². The minimum Gasteiger partial charge on any atom is -0.476 e. The smallest absolute Gasteiger partial charge is 0.355 e. The third kappa shape index (κ3) is 5.68. The SMILES string of the molecule is C[C@H](NC[C@H]1CCC(=O)N1CCSc1nc(C(=O)O)cs1)C1CCCCC1. The minimum absolute atomic E-state index is 0.0959. The van der Waals surface area contributed by atoms with Crippen molar-refractivity contribution in [3.05, 3.63) is 11.1 Å². The molecule has 0 bridgehead atoms. The fourth-order valence-electron chi connectivity index (χ4n) is 4.09. The van der Waals surface area contributed by atoms with E-state index in [0.29, 0.717) is 19.0 Å². The molecule has 1 saturated heterocycles. The molecule has 1 amide bonds. The van der Waals surface area contributed by atoms with E-state index in [2.05, 4.69) is 17.2 Å². The van der Waals surface area contributed by atoms with Gasteiger partial charge in [-0.05, 0) is 32.1 Å². The maximum atomic E-state index is 12.3. The van der Waals surface area contributed by atoms with Crippen LogP contribution in [-0.4, -0.2) is 57.8 Å². The Balaban J connectivity index is 1.43. The first-order valence-corrected chi connectivity index (χ1v) is 11.8. The molecule has 150 valence electrons. The van der Waals surface area contributed by atoms with E-state index < -0.39 is 5.97 Å². The van der Waals surface area contributed by atoms with E-state index in [1.807, 2.05) is 4.90 Å². The van der Waals surface area contributed by atoms with Gasteiger partial charge in [0.1, 0.15) is 0 Å². The van der Waals surface area contributed by atoms with Gasteiger partial charge in [-0.2, -0.15) is 0 Å². The first kappa shape index (κ1) is 20.6. The third-order valence-corrected chi connectivity index (χ3v) is 7.75. The van der Waals surface area contributed by atoms with Gasteiger partial charge < -0.3 is 15.3 Å². The second kappa shape index (κ2) is 9.89. The molecule has 0 aromatic carbocycles. The van der Waals surface area contributed by atoms with Gasteiger partial charge in [-0.3, -0.25) is 4.79 Å². The Kier molecular flexibility index (Phi) is 7.55. The standard InChI is InChI=1S/C19H29N3O3S2/c1-13(14-5-3-2-4-6-14)20-11-15-7-8-17(23)22(15)9-10-26-19-21-16(12-27-19)18(24)25/h12-15,20H,2-11H2,1H3,(H,24,25)/t13-,15+/m0/s1. The van der Waals surface area contributed by atoms with Crippen molar-refractivity contribution in [2.24, 2.45) is 5.92 Å². The second-order valence-electron chi connectivity index (χ2n) is 7.53. The summed E-state index contributed by atoms with van der Waals surface area (Å²) >= 11 is 2.87. The lowest BCUT2D eigenvalue weighted by Crippen LogP contribution is -2.45. The highest BCUT2D eigenvalue weighted by atomic mass is 32.2. The number of thioether (sulfide) groups is 1. The largest absolute Gasteiger partial charge is 0.476 e. The number of thiazole rings is 1. The molecule has 0 spiro atoms. The molecular weight excluding hydrogens is 382 g/mol. The van der Waals surface area contributed by atoms with Crippen LogP contribution >= 0.6 is 23.1 Å². The first-order chi connectivity index (χ1) is 13.0. The molecule has 1 aliphatic heterocycles. The zero-order valence-electron chi connectivity index (χ0n) is 15.9. The van der Waals surface area contributed by atoms with E-state index in [4.69, 9.17) is 5.11 Å². The quantitative estimate of drug-likeness (QED) is 0.606. The molecule has 8 heteroatoms. The molecule has 6 nitrogen and oxygen atoms in total. The molecule has 3 rings (SSSR count). The zero-order chi connectivity index (χ0) is 19.2. The van der Waals surface area contributed by atoms with Crippen LogP contribution in [0.1, 0.15) is 62.4 Å². The number of hydrogen-bond donors (Lipinski definition) is 2. The van der Waals surface area contributed by atoms with Gasteiger partial charge in [0.2, 0.25) is 5.91 Å². The highest BCUT2D eigenvalue weighted by Crippen LogP contribution is 2.27. The van der Waals surface area contributed by atoms with Crippen LogP contribution in [0, 0.1) is 5.92 Å². The molecular formula is C19H29N3O3S2. The second-order valence-corrected chi connectivity index (χ2v) is 9.73. The van der Waals surface area contributed by atoms with Crippen molar-refractivity contribution in [1.82, 2.24) is 15.2 Å². The normalized spacial score (nSPS) is 22.3. The Morgan fingerprint density at radius 3 is 2.89 bits per heavy atom. The molecule has 1 aromatic rings. The van der Waals surface area contributed by atoms with Crippen molar-refractivity contribution < 1.29 is 14.7 Å². The van der Waals surface area contributed by atoms with Crippen molar-refractivity contribution in [3.8, 4) is 0 Å². The summed E-state index contributed by atoms with van der Waals surface area (Å²) in [6, 6.07) is 0.789. The number of aromatic carboxylic acids is 1. The van der Waals surface area contributed by atoms with E-state index in [1.54, 1.807) is 5.38 Å². The van der Waals surface area contributed by atoms with Crippen LogP contribution in [0.5, 0.6) is 0 Å². The lowest BCUT2D eigenvalue weighted by Gasteiger charge is -2.31. The number of nitrogens with one attached hydrogen (secondary N) is 1. The van der Waals surface area contributed by atoms with Crippen molar-refractivity contribution >= 4 is 35.0 Å². The number of carboxylic acids is 1. The van der Waals surface area contributed by atoms with Gasteiger partial charge in [-0.15, -0.1) is 11.3 Å². The first-order valence-electron chi connectivity index (χ1n) is 9.89. The highest BCUT2D eigenvalue weighted by molar-refractivity contribution is 8.01. The van der Waals surface area contributed by atoms with Crippen LogP contribution in [0.2, 0.25) is 0 Å². The summed E-state index contributed by atoms with van der Waals surface area (Å²) in [5.74, 6) is 0.754. The lowest BCUT2D eigenvalue weighted by molar-refractivity contribution is -0.128. The molecule has 2 aliphatic rings. The zero-order valence-corrected chi connectivity index (χ0v) is 17.5. The maximum absolute atomic E-state index is 12.3. The molecule has 2 fully saturated rings. The number of amides is 1. The fraction of sp³-hybridized carbons (Fsp3) is 0.737. The van der Waals surface area contributed by atoms with E-state index in [9.17, 15) is 9.59 Å². The molecule has 0 unspecified atom stereocenters. The fourth-order valence-corrected chi connectivity index (χ4v) is 5.90. The molecule has 1 aliphatic carbocycles. The van der Waals surface area contributed by atoms with Gasteiger partial charge >= 0.3 is 5.97 Å². The van der Waals surface area contributed by atoms with Gasteiger partial charge in [-0.1, -0.05) is 31.0 Å². The molecule has 0 radical (unpaired) electrons. The predicted molar refractivity (Wildman–Crippen MR) is 109 cm³/mol. The molecule has 27 heavy (non-hydrogen) atoms. The van der Waals surface area contributed by atoms with Gasteiger partial charge in [0.25, 0.3) is 0 Å². The van der Waals surface area contributed by atoms with E-state index in [-0.39, 0.29) is 17.6 Å². The molecule has 1 saturated carbocycles. The minimum atomic E-state index is -0.994. The Morgan fingerprint density at radius 2 is 2.19 bits per heavy atom. The van der Waals surface area contributed by atoms with Crippen LogP contribution in [0.25, 0.3) is 0 Å². The van der Waals surface area contributed by atoms with Crippen molar-refractivity contribution in [2.75, 3.05) is 18.8 Å². The van der Waals surface area contributed by atoms with Gasteiger partial charge in [0.05, 0.1) is 0 Å². The van der Waals surface area contributed by atoms with E-state index in [0.717, 1.165) is 29.0 Å². The number of aromatic nitrogens is 1. The molecule has 2 heterocycles. The van der Waals surface area contributed by atoms with E-state index in [1.165, 1.54) is 55.2 Å². The van der Waals surface area contributed by atoms with Crippen molar-refractivity contribution in [2.45, 2.75) is 68.3 Å². The number of rotatable bonds is 9. The summed E-state index contributed by atoms with van der Waals surface area (Å²) in [6.07, 6.45) is 8.28. The third-order valence-electron chi connectivity index (χ3n) is 5.74. The van der Waals surface area contributed by atoms with Crippen molar-refractivity contribution in [1.29, 1.82) is 0 Å². The summed E-state index contributed by atoms with van der Waals surface area (Å²) in [6.45, 7) is 3.85. The van der Waals surface area contributed by atoms with Crippen LogP contribution in [0.3, 0.4) is 0 Å². The Bertz CT molecular complexity index is 646. The average Bonchev–Trinajstić information content (AvgIpc) is 3.28. The van der Waals surface area contributed by atoms with Gasteiger partial charge in [0, 0.05) is 42.7 Å². The average molecular weight is 412 g/mol. The maximum Gasteiger partial charge on any atom is 0.355 e. The summed E-state index contributed by atoms with van der Waals surface area (Å²) in [5.41, 5.74) is 0.0959. The monoisotopic (exact) mass is 411 g/mol. The number of likely N-dealkylation sites (tertiary alicyclic amines) is 1. The Hall–Kier alpha value is -1.12. The van der Waals surface area contributed by atoms with Crippen LogP contribution in [0.15, 0.2) is 9.72 Å². The topological polar surface area (TPSA) is 82.5 Å². The van der Waals surface area contributed by atoms with E-state index >= 15 is 0 Å². The molecule has 2 atom stereocenters. The Morgan fingerprint density at radius 1 is 1.41 bits per heavy atom. The molecule has 1 aromatic heterocycles. The summed E-state index contributed by atoms with van der Waals surface area (Å²) in [5, 5.41) is 14.2. The van der Waals surface area contributed by atoms with Crippen LogP contribution in [0.4, 0.5) is 0 Å². The number of hydrogen-bond acceptors (Lipinski definition) is 6. The summed E-state index contributed by atoms with van der Waals surface area (Å²) < 4.78 is 0.750. The number of carbonyl (C=O) groups is 2. The predicted octanol–water partition coefficient (Wildman–Crippen LogP) is 3.48. The van der Waals surface area contributed by atoms with Crippen molar-refractivity contribution in [3.63, 3.8) is 0 Å². The number of nitrogens with zero attached hydrogens (tertiary/aromatic N) is 2. The summed E-state index contributed by atoms with van der Waals surface area (Å²) in [7, 11) is 0. The summed E-state index contributed by atoms with van der Waals surface area (Å²) in [4.78, 5) is 29.3. The van der Waals surface area contributed by atoms with Crippen LogP contribution in [-0.2, 0) is 4.79 Å². The van der Waals surface area contributed by atoms with Gasteiger partial charge in [0.15, 0.2) is 10.0 Å². The molecule has 2 N–H and O–H groups in total.